The second-order valence-electron chi connectivity index (χ2n) is 6.14. The van der Waals surface area contributed by atoms with Crippen LogP contribution in [0.4, 0.5) is 0 Å². The van der Waals surface area contributed by atoms with E-state index in [1.165, 1.54) is 42.0 Å². The fourth-order valence-electron chi connectivity index (χ4n) is 3.06. The lowest BCUT2D eigenvalue weighted by Gasteiger charge is -2.14. The Balaban J connectivity index is 1.89. The number of ether oxygens (including phenoxy) is 2. The molecule has 0 aliphatic rings. The predicted molar refractivity (Wildman–Crippen MR) is 104 cm³/mol. The van der Waals surface area contributed by atoms with Gasteiger partial charge in [0.2, 0.25) is 0 Å². The molecule has 2 aromatic rings. The Morgan fingerprint density at radius 1 is 0.917 bits per heavy atom. The lowest BCUT2D eigenvalue weighted by molar-refractivity contribution is 0.302. The van der Waals surface area contributed by atoms with Crippen LogP contribution in [-0.2, 0) is 6.42 Å². The minimum Gasteiger partial charge on any atom is -0.497 e. The number of hydrogen-bond donors (Lipinski definition) is 0. The van der Waals surface area contributed by atoms with Crippen molar-refractivity contribution in [3.05, 3.63) is 35.9 Å². The molecule has 3 heteroatoms. The fourth-order valence-corrected chi connectivity index (χ4v) is 3.25. The summed E-state index contributed by atoms with van der Waals surface area (Å²) in [6.45, 7) is 2.98. The highest BCUT2D eigenvalue weighted by molar-refractivity contribution is 6.17. The monoisotopic (exact) mass is 348 g/mol. The lowest BCUT2D eigenvalue weighted by Crippen LogP contribution is -2.00. The summed E-state index contributed by atoms with van der Waals surface area (Å²) in [4.78, 5) is 0. The topological polar surface area (TPSA) is 18.5 Å². The third-order valence-corrected chi connectivity index (χ3v) is 4.70. The van der Waals surface area contributed by atoms with Gasteiger partial charge in [-0.2, -0.15) is 0 Å². The maximum Gasteiger partial charge on any atom is 0.123 e. The van der Waals surface area contributed by atoms with E-state index < -0.39 is 0 Å². The number of benzene rings is 2. The van der Waals surface area contributed by atoms with E-state index in [1.807, 2.05) is 6.07 Å². The molecule has 0 aliphatic carbocycles. The molecule has 0 saturated carbocycles. The lowest BCUT2D eigenvalue weighted by atomic mass is 10.0. The average molecular weight is 349 g/mol. The van der Waals surface area contributed by atoms with Crippen LogP contribution in [0.25, 0.3) is 10.8 Å². The second kappa shape index (κ2) is 10.5. The number of halogens is 1. The first-order valence-electron chi connectivity index (χ1n) is 9.08. The van der Waals surface area contributed by atoms with Gasteiger partial charge >= 0.3 is 0 Å². The summed E-state index contributed by atoms with van der Waals surface area (Å²) in [5.74, 6) is 2.71. The summed E-state index contributed by atoms with van der Waals surface area (Å²) in [5.41, 5.74) is 1.29. The van der Waals surface area contributed by atoms with Crippen molar-refractivity contribution in [1.29, 1.82) is 0 Å². The molecule has 132 valence electrons. The van der Waals surface area contributed by atoms with E-state index in [2.05, 4.69) is 31.2 Å². The highest BCUT2D eigenvalue weighted by Gasteiger charge is 2.08. The second-order valence-corrected chi connectivity index (χ2v) is 6.52. The zero-order chi connectivity index (χ0) is 17.2. The van der Waals surface area contributed by atoms with Crippen molar-refractivity contribution in [1.82, 2.24) is 0 Å². The van der Waals surface area contributed by atoms with E-state index >= 15 is 0 Å². The largest absolute Gasteiger partial charge is 0.497 e. The third-order valence-electron chi connectivity index (χ3n) is 4.43. The molecule has 2 nitrogen and oxygen atoms in total. The molecule has 0 heterocycles. The van der Waals surface area contributed by atoms with Gasteiger partial charge in [-0.1, -0.05) is 44.7 Å². The Bertz CT molecular complexity index is 625. The SMILES string of the molecule is CCc1c(OCCCCCCCCCl)ccc2cc(OC)ccc12. The normalized spacial score (nSPS) is 11.0. The van der Waals surface area contributed by atoms with Gasteiger partial charge < -0.3 is 9.47 Å². The fraction of sp³-hybridized carbons (Fsp3) is 0.524. The molecule has 0 radical (unpaired) electrons. The van der Waals surface area contributed by atoms with Crippen molar-refractivity contribution in [3.8, 4) is 11.5 Å². The molecule has 2 aromatic carbocycles. The van der Waals surface area contributed by atoms with Gasteiger partial charge in [-0.05, 0) is 48.2 Å². The van der Waals surface area contributed by atoms with Gasteiger partial charge in [0.25, 0.3) is 0 Å². The standard InChI is InChI=1S/C21H29ClO2/c1-3-19-20-12-11-18(23-2)16-17(20)10-13-21(19)24-15-9-7-5-4-6-8-14-22/h10-13,16H,3-9,14-15H2,1-2H3. The minimum absolute atomic E-state index is 0.788. The third kappa shape index (κ3) is 5.31. The van der Waals surface area contributed by atoms with Gasteiger partial charge in [-0.15, -0.1) is 11.6 Å². The number of alkyl halides is 1. The Kier molecular flexibility index (Phi) is 8.24. The molecule has 0 aliphatic heterocycles. The van der Waals surface area contributed by atoms with Crippen LogP contribution in [0.2, 0.25) is 0 Å². The van der Waals surface area contributed by atoms with Crippen molar-refractivity contribution in [2.75, 3.05) is 19.6 Å². The van der Waals surface area contributed by atoms with Gasteiger partial charge in [0.05, 0.1) is 13.7 Å². The van der Waals surface area contributed by atoms with E-state index in [4.69, 9.17) is 21.1 Å². The van der Waals surface area contributed by atoms with Crippen molar-refractivity contribution in [2.24, 2.45) is 0 Å². The number of methoxy groups -OCH3 is 1. The molecule has 0 unspecified atom stereocenters. The molecule has 0 spiro atoms. The van der Waals surface area contributed by atoms with Crippen LogP contribution in [0.1, 0.15) is 51.0 Å². The number of hydrogen-bond acceptors (Lipinski definition) is 2. The van der Waals surface area contributed by atoms with Crippen molar-refractivity contribution < 1.29 is 9.47 Å². The van der Waals surface area contributed by atoms with Crippen LogP contribution in [-0.4, -0.2) is 19.6 Å². The predicted octanol–water partition coefficient (Wildman–Crippen LogP) is 6.37. The first kappa shape index (κ1) is 18.9. The quantitative estimate of drug-likeness (QED) is 0.347. The molecule has 0 bridgehead atoms. The molecule has 2 rings (SSSR count). The van der Waals surface area contributed by atoms with Crippen LogP contribution in [0, 0.1) is 0 Å². The van der Waals surface area contributed by atoms with Crippen LogP contribution >= 0.6 is 11.6 Å². The van der Waals surface area contributed by atoms with Crippen molar-refractivity contribution in [2.45, 2.75) is 51.9 Å². The number of unbranched alkanes of at least 4 members (excludes halogenated alkanes) is 5. The van der Waals surface area contributed by atoms with Crippen LogP contribution in [0.5, 0.6) is 11.5 Å². The summed E-state index contributed by atoms with van der Waals surface area (Å²) >= 11 is 5.69. The number of aryl methyl sites for hydroxylation is 1. The molecular formula is C21H29ClO2. The van der Waals surface area contributed by atoms with E-state index in [1.54, 1.807) is 7.11 Å². The molecule has 24 heavy (non-hydrogen) atoms. The first-order chi connectivity index (χ1) is 11.8. The van der Waals surface area contributed by atoms with E-state index in [0.717, 1.165) is 43.2 Å². The zero-order valence-corrected chi connectivity index (χ0v) is 15.7. The number of fused-ring (bicyclic) bond motifs is 1. The molecule has 0 saturated heterocycles. The Morgan fingerprint density at radius 3 is 2.38 bits per heavy atom. The molecule has 0 fully saturated rings. The van der Waals surface area contributed by atoms with Gasteiger partial charge in [0, 0.05) is 11.4 Å². The maximum atomic E-state index is 6.07. The average Bonchev–Trinajstić information content (AvgIpc) is 2.63. The van der Waals surface area contributed by atoms with Crippen LogP contribution in [0.15, 0.2) is 30.3 Å². The number of rotatable bonds is 11. The Hall–Kier alpha value is -1.41. The molecule has 0 aromatic heterocycles. The Labute approximate surface area is 151 Å². The van der Waals surface area contributed by atoms with Crippen LogP contribution < -0.4 is 9.47 Å². The van der Waals surface area contributed by atoms with Gasteiger partial charge in [-0.3, -0.25) is 0 Å². The zero-order valence-electron chi connectivity index (χ0n) is 14.9. The van der Waals surface area contributed by atoms with Crippen molar-refractivity contribution in [3.63, 3.8) is 0 Å². The van der Waals surface area contributed by atoms with E-state index in [0.29, 0.717) is 0 Å². The summed E-state index contributed by atoms with van der Waals surface area (Å²) in [6.07, 6.45) is 8.26. The van der Waals surface area contributed by atoms with E-state index in [-0.39, 0.29) is 0 Å². The highest BCUT2D eigenvalue weighted by Crippen LogP contribution is 2.31. The van der Waals surface area contributed by atoms with Gasteiger partial charge in [0.15, 0.2) is 0 Å². The molecule has 0 N–H and O–H groups in total. The Morgan fingerprint density at radius 2 is 1.67 bits per heavy atom. The van der Waals surface area contributed by atoms with Gasteiger partial charge in [-0.25, -0.2) is 0 Å². The minimum atomic E-state index is 0.788. The maximum absolute atomic E-state index is 6.07. The highest BCUT2D eigenvalue weighted by atomic mass is 35.5. The summed E-state index contributed by atoms with van der Waals surface area (Å²) < 4.78 is 11.4. The van der Waals surface area contributed by atoms with Gasteiger partial charge in [0.1, 0.15) is 11.5 Å². The summed E-state index contributed by atoms with van der Waals surface area (Å²) in [7, 11) is 1.70. The van der Waals surface area contributed by atoms with E-state index in [9.17, 15) is 0 Å². The molecular weight excluding hydrogens is 320 g/mol. The smallest absolute Gasteiger partial charge is 0.123 e. The molecule has 0 atom stereocenters. The first-order valence-corrected chi connectivity index (χ1v) is 9.62. The van der Waals surface area contributed by atoms with Crippen LogP contribution in [0.3, 0.4) is 0 Å². The van der Waals surface area contributed by atoms with Crippen molar-refractivity contribution >= 4 is 22.4 Å². The summed E-state index contributed by atoms with van der Waals surface area (Å²) in [5, 5.41) is 2.47. The molecule has 0 amide bonds. The summed E-state index contributed by atoms with van der Waals surface area (Å²) in [6, 6.07) is 10.5.